The number of rotatable bonds is 8. The highest BCUT2D eigenvalue weighted by molar-refractivity contribution is 5.82. The van der Waals surface area contributed by atoms with E-state index in [-0.39, 0.29) is 5.69 Å². The molecule has 1 heterocycles. The quantitative estimate of drug-likeness (QED) is 0.354. The summed E-state index contributed by atoms with van der Waals surface area (Å²) in [5, 5.41) is 25.9. The lowest BCUT2D eigenvalue weighted by atomic mass is 9.95. The van der Waals surface area contributed by atoms with Crippen LogP contribution in [0.3, 0.4) is 0 Å². The normalized spacial score (nSPS) is 11.1. The Kier molecular flexibility index (Phi) is 6.11. The number of tetrazole rings is 1. The molecule has 28 heavy (non-hydrogen) atoms. The monoisotopic (exact) mass is 379 g/mol. The van der Waals surface area contributed by atoms with E-state index in [0.29, 0.717) is 30.2 Å². The highest BCUT2D eigenvalue weighted by atomic mass is 16.6. The Morgan fingerprint density at radius 3 is 2.68 bits per heavy atom. The van der Waals surface area contributed by atoms with Gasteiger partial charge in [0, 0.05) is 17.2 Å². The van der Waals surface area contributed by atoms with Gasteiger partial charge in [-0.2, -0.15) is 5.21 Å². The molecule has 3 aromatic rings. The van der Waals surface area contributed by atoms with Gasteiger partial charge in [0.25, 0.3) is 0 Å². The molecule has 0 spiro atoms. The van der Waals surface area contributed by atoms with E-state index >= 15 is 0 Å². The number of nitro groups is 1. The maximum atomic E-state index is 11.8. The summed E-state index contributed by atoms with van der Waals surface area (Å²) in [7, 11) is 0. The molecule has 0 fully saturated rings. The number of nitro benzene ring substituents is 1. The topological polar surface area (TPSA) is 107 Å². The number of allylic oxidation sites excluding steroid dienone is 2. The van der Waals surface area contributed by atoms with Crippen molar-refractivity contribution in [1.29, 1.82) is 0 Å². The van der Waals surface area contributed by atoms with Gasteiger partial charge < -0.3 is 4.74 Å². The predicted octanol–water partition coefficient (Wildman–Crippen LogP) is 4.35. The standard InChI is InChI=1S/C20H21N5O3/c1-3-5-8-14-12-15(13-18(25(26)27)19(14)28-11-4-2)16-9-6-7-10-17(16)20-21-23-24-22-20/h3,5-7,9-10,12-13H,4,8,11H2,1-2H3,(H,21,22,23,24). The summed E-state index contributed by atoms with van der Waals surface area (Å²) in [6.45, 7) is 4.30. The summed E-state index contributed by atoms with van der Waals surface area (Å²) in [6, 6.07) is 11.0. The van der Waals surface area contributed by atoms with Crippen molar-refractivity contribution in [3.8, 4) is 28.3 Å². The van der Waals surface area contributed by atoms with Crippen molar-refractivity contribution in [1.82, 2.24) is 20.6 Å². The third-order valence-electron chi connectivity index (χ3n) is 4.19. The fraction of sp³-hybridized carbons (Fsp3) is 0.250. The summed E-state index contributed by atoms with van der Waals surface area (Å²) in [5.41, 5.74) is 2.95. The first-order valence-electron chi connectivity index (χ1n) is 9.04. The summed E-state index contributed by atoms with van der Waals surface area (Å²) < 4.78 is 5.75. The molecule has 144 valence electrons. The first kappa shape index (κ1) is 19.2. The van der Waals surface area contributed by atoms with Crippen molar-refractivity contribution in [2.24, 2.45) is 0 Å². The molecule has 0 amide bonds. The maximum absolute atomic E-state index is 11.8. The second-order valence-corrected chi connectivity index (χ2v) is 6.14. The Labute approximate surface area is 162 Å². The summed E-state index contributed by atoms with van der Waals surface area (Å²) in [5.74, 6) is 0.755. The summed E-state index contributed by atoms with van der Waals surface area (Å²) in [6.07, 6.45) is 5.17. The molecule has 0 unspecified atom stereocenters. The van der Waals surface area contributed by atoms with Crippen LogP contribution in [0.4, 0.5) is 5.69 Å². The smallest absolute Gasteiger partial charge is 0.311 e. The van der Waals surface area contributed by atoms with Gasteiger partial charge in [0.1, 0.15) is 0 Å². The molecule has 0 bridgehead atoms. The fourth-order valence-electron chi connectivity index (χ4n) is 2.94. The zero-order valence-electron chi connectivity index (χ0n) is 15.8. The van der Waals surface area contributed by atoms with Crippen LogP contribution in [-0.2, 0) is 6.42 Å². The van der Waals surface area contributed by atoms with E-state index in [2.05, 4.69) is 20.6 Å². The number of ether oxygens (including phenoxy) is 1. The lowest BCUT2D eigenvalue weighted by Gasteiger charge is -2.14. The van der Waals surface area contributed by atoms with Gasteiger partial charge in [0.15, 0.2) is 0 Å². The molecule has 0 saturated carbocycles. The third kappa shape index (κ3) is 4.06. The van der Waals surface area contributed by atoms with Crippen LogP contribution in [0.2, 0.25) is 0 Å². The summed E-state index contributed by atoms with van der Waals surface area (Å²) >= 11 is 0. The van der Waals surface area contributed by atoms with Gasteiger partial charge in [0.05, 0.1) is 11.5 Å². The SMILES string of the molecule is CC=CCc1cc(-c2ccccc2-c2nn[nH]n2)cc([N+](=O)[O-])c1OCCC. The van der Waals surface area contributed by atoms with Crippen molar-refractivity contribution >= 4 is 5.69 Å². The largest absolute Gasteiger partial charge is 0.487 e. The van der Waals surface area contributed by atoms with Crippen molar-refractivity contribution in [3.05, 3.63) is 64.2 Å². The highest BCUT2D eigenvalue weighted by Gasteiger charge is 2.23. The molecule has 0 aliphatic heterocycles. The second kappa shape index (κ2) is 8.90. The molecule has 0 atom stereocenters. The highest BCUT2D eigenvalue weighted by Crippen LogP contribution is 2.39. The van der Waals surface area contributed by atoms with Gasteiger partial charge in [-0.25, -0.2) is 0 Å². The molecule has 1 aromatic heterocycles. The molecule has 0 saturated heterocycles. The van der Waals surface area contributed by atoms with E-state index < -0.39 is 4.92 Å². The molecule has 8 heteroatoms. The Balaban J connectivity index is 2.20. The second-order valence-electron chi connectivity index (χ2n) is 6.14. The Morgan fingerprint density at radius 1 is 1.25 bits per heavy atom. The van der Waals surface area contributed by atoms with Crippen LogP contribution in [0, 0.1) is 10.1 Å². The van der Waals surface area contributed by atoms with E-state index in [4.69, 9.17) is 4.74 Å². The number of H-pyrrole nitrogens is 1. The molecule has 0 aliphatic rings. The number of hydrogen-bond donors (Lipinski definition) is 1. The first-order chi connectivity index (χ1) is 13.7. The zero-order valence-corrected chi connectivity index (χ0v) is 15.8. The third-order valence-corrected chi connectivity index (χ3v) is 4.19. The molecule has 0 aliphatic carbocycles. The minimum Gasteiger partial charge on any atom is -0.487 e. The molecule has 2 aromatic carbocycles. The molecular weight excluding hydrogens is 358 g/mol. The van der Waals surface area contributed by atoms with Gasteiger partial charge in [0.2, 0.25) is 11.6 Å². The molecule has 0 radical (unpaired) electrons. The fourth-order valence-corrected chi connectivity index (χ4v) is 2.94. The predicted molar refractivity (Wildman–Crippen MR) is 106 cm³/mol. The maximum Gasteiger partial charge on any atom is 0.311 e. The minimum atomic E-state index is -0.398. The number of nitrogens with one attached hydrogen (secondary N) is 1. The van der Waals surface area contributed by atoms with Crippen molar-refractivity contribution in [2.75, 3.05) is 6.61 Å². The van der Waals surface area contributed by atoms with E-state index in [1.54, 1.807) is 6.07 Å². The van der Waals surface area contributed by atoms with E-state index in [9.17, 15) is 10.1 Å². The summed E-state index contributed by atoms with van der Waals surface area (Å²) in [4.78, 5) is 11.4. The number of benzene rings is 2. The van der Waals surface area contributed by atoms with E-state index in [0.717, 1.165) is 23.1 Å². The number of nitrogens with zero attached hydrogens (tertiary/aromatic N) is 4. The molecule has 1 N–H and O–H groups in total. The van der Waals surface area contributed by atoms with Gasteiger partial charge in [-0.15, -0.1) is 10.2 Å². The number of aromatic nitrogens is 4. The van der Waals surface area contributed by atoms with Crippen LogP contribution >= 0.6 is 0 Å². The average Bonchev–Trinajstić information content (AvgIpc) is 3.25. The van der Waals surface area contributed by atoms with Gasteiger partial charge in [-0.1, -0.05) is 43.3 Å². The van der Waals surface area contributed by atoms with Crippen molar-refractivity contribution < 1.29 is 9.66 Å². The van der Waals surface area contributed by atoms with Crippen LogP contribution in [0.5, 0.6) is 5.75 Å². The van der Waals surface area contributed by atoms with E-state index in [1.165, 1.54) is 0 Å². The van der Waals surface area contributed by atoms with Crippen LogP contribution in [0.15, 0.2) is 48.6 Å². The number of hydrogen-bond acceptors (Lipinski definition) is 6. The van der Waals surface area contributed by atoms with Crippen molar-refractivity contribution in [2.45, 2.75) is 26.7 Å². The van der Waals surface area contributed by atoms with Crippen LogP contribution < -0.4 is 4.74 Å². The van der Waals surface area contributed by atoms with E-state index in [1.807, 2.05) is 56.3 Å². The minimum absolute atomic E-state index is 0.0478. The number of aromatic amines is 1. The molecule has 8 nitrogen and oxygen atoms in total. The van der Waals surface area contributed by atoms with Crippen LogP contribution in [-0.4, -0.2) is 32.2 Å². The first-order valence-corrected chi connectivity index (χ1v) is 9.04. The molecular formula is C20H21N5O3. The average molecular weight is 379 g/mol. The zero-order chi connectivity index (χ0) is 19.9. The van der Waals surface area contributed by atoms with Gasteiger partial charge in [-0.05, 0) is 42.2 Å². The Morgan fingerprint density at radius 2 is 2.04 bits per heavy atom. The Hall–Kier alpha value is -3.55. The van der Waals surface area contributed by atoms with Crippen molar-refractivity contribution in [3.63, 3.8) is 0 Å². The lowest BCUT2D eigenvalue weighted by molar-refractivity contribution is -0.385. The van der Waals surface area contributed by atoms with Crippen LogP contribution in [0.1, 0.15) is 25.8 Å². The Bertz CT molecular complexity index is 984. The lowest BCUT2D eigenvalue weighted by Crippen LogP contribution is -2.03. The van der Waals surface area contributed by atoms with Gasteiger partial charge in [-0.3, -0.25) is 10.1 Å². The van der Waals surface area contributed by atoms with Crippen LogP contribution in [0.25, 0.3) is 22.5 Å². The molecule has 3 rings (SSSR count). The van der Waals surface area contributed by atoms with Gasteiger partial charge >= 0.3 is 5.69 Å².